The zero-order valence-electron chi connectivity index (χ0n) is 24.4. The van der Waals surface area contributed by atoms with Crippen LogP contribution < -0.4 is 4.74 Å². The number of amides is 1. The highest BCUT2D eigenvalue weighted by molar-refractivity contribution is 6.42. The Kier molecular flexibility index (Phi) is 7.52. The first-order valence-corrected chi connectivity index (χ1v) is 15.6. The average Bonchev–Trinajstić information content (AvgIpc) is 3.28. The Balaban J connectivity index is 1.47. The van der Waals surface area contributed by atoms with Gasteiger partial charge < -0.3 is 19.5 Å². The fourth-order valence-electron chi connectivity index (χ4n) is 8.48. The number of rotatable bonds is 8. The number of aromatic hydroxyl groups is 1. The van der Waals surface area contributed by atoms with E-state index in [4.69, 9.17) is 32.7 Å². The Labute approximate surface area is 257 Å². The molecular formula is C33H38Cl2N2O5. The number of esters is 1. The summed E-state index contributed by atoms with van der Waals surface area (Å²) in [5.41, 5.74) is 1.28. The molecule has 7 nitrogen and oxygen atoms in total. The van der Waals surface area contributed by atoms with Crippen molar-refractivity contribution in [2.45, 2.75) is 82.1 Å². The van der Waals surface area contributed by atoms with Crippen LogP contribution in [0.1, 0.15) is 56.7 Å². The summed E-state index contributed by atoms with van der Waals surface area (Å²) in [6, 6.07) is 8.61. The average molecular weight is 614 g/mol. The maximum absolute atomic E-state index is 14.1. The first-order chi connectivity index (χ1) is 20.0. The van der Waals surface area contributed by atoms with E-state index >= 15 is 0 Å². The number of nitrogens with zero attached hydrogens (tertiary/aromatic N) is 2. The van der Waals surface area contributed by atoms with E-state index in [0.717, 1.165) is 23.2 Å². The lowest BCUT2D eigenvalue weighted by molar-refractivity contribution is -0.223. The van der Waals surface area contributed by atoms with Crippen molar-refractivity contribution in [3.8, 4) is 11.5 Å². The molecule has 224 valence electrons. The number of hydrogen-bond donors (Lipinski definition) is 1. The van der Waals surface area contributed by atoms with Gasteiger partial charge in [0.05, 0.1) is 34.0 Å². The first kappa shape index (κ1) is 29.3. The molecular weight excluding hydrogens is 575 g/mol. The van der Waals surface area contributed by atoms with Gasteiger partial charge >= 0.3 is 5.97 Å². The number of benzene rings is 2. The molecule has 1 N–H and O–H groups in total. The van der Waals surface area contributed by atoms with E-state index in [1.54, 1.807) is 18.2 Å². The Morgan fingerprint density at radius 3 is 2.71 bits per heavy atom. The Morgan fingerprint density at radius 1 is 1.24 bits per heavy atom. The maximum Gasteiger partial charge on any atom is 0.303 e. The van der Waals surface area contributed by atoms with Crippen molar-refractivity contribution in [2.24, 2.45) is 5.92 Å². The summed E-state index contributed by atoms with van der Waals surface area (Å²) in [5, 5.41) is 11.9. The lowest BCUT2D eigenvalue weighted by Crippen LogP contribution is -2.79. The molecule has 2 fully saturated rings. The van der Waals surface area contributed by atoms with Crippen molar-refractivity contribution in [2.75, 3.05) is 19.6 Å². The molecule has 6 rings (SSSR count). The van der Waals surface area contributed by atoms with Gasteiger partial charge in [-0.05, 0) is 60.9 Å². The van der Waals surface area contributed by atoms with Crippen molar-refractivity contribution in [3.05, 3.63) is 69.7 Å². The monoisotopic (exact) mass is 612 g/mol. The maximum atomic E-state index is 14.1. The topological polar surface area (TPSA) is 79.3 Å². The van der Waals surface area contributed by atoms with Gasteiger partial charge in [-0.25, -0.2) is 0 Å². The van der Waals surface area contributed by atoms with Crippen LogP contribution in [0.4, 0.5) is 0 Å². The second-order valence-corrected chi connectivity index (χ2v) is 13.5. The molecule has 1 saturated heterocycles. The molecule has 2 aromatic carbocycles. The standard InChI is InChI=1S/C33H38Cl2N2O5/c1-5-13-36-14-12-32-29-22-7-9-26(39)30(29)41-31(32)25(10-11-33(32,27(36)17-22)42-20(4)38)37(18-19(2)3)28(40)16-21-6-8-23(34)24(35)15-21/h5-9,15,19,25,27,31,39H,1,10-14,16-18H2,2-4H3/t25-,27-,31+,32+,33-/m1/s1. The minimum absolute atomic E-state index is 0.0241. The lowest BCUT2D eigenvalue weighted by atomic mass is 9.48. The SMILES string of the molecule is C=CCN1CC[C@]23c4c5ccc(O)c4O[C@H]2[C@H](N(CC(C)C)C(=O)Cc2ccc(Cl)c(Cl)c2)CC[C@@]3(OC(C)=O)[C@H]1C5. The van der Waals surface area contributed by atoms with Gasteiger partial charge in [0, 0.05) is 32.1 Å². The van der Waals surface area contributed by atoms with Gasteiger partial charge in [-0.15, -0.1) is 6.58 Å². The number of hydrogen-bond acceptors (Lipinski definition) is 6. The van der Waals surface area contributed by atoms with E-state index < -0.39 is 17.1 Å². The second-order valence-electron chi connectivity index (χ2n) is 12.7. The van der Waals surface area contributed by atoms with Crippen LogP contribution in [0.3, 0.4) is 0 Å². The first-order valence-electron chi connectivity index (χ1n) is 14.8. The van der Waals surface area contributed by atoms with Crippen LogP contribution >= 0.6 is 23.2 Å². The van der Waals surface area contributed by atoms with Gasteiger partial charge in [0.2, 0.25) is 5.91 Å². The molecule has 1 amide bonds. The van der Waals surface area contributed by atoms with Crippen LogP contribution in [-0.4, -0.2) is 70.2 Å². The van der Waals surface area contributed by atoms with E-state index in [2.05, 4.69) is 25.3 Å². The molecule has 2 aliphatic heterocycles. The van der Waals surface area contributed by atoms with Gasteiger partial charge in [-0.2, -0.15) is 0 Å². The minimum Gasteiger partial charge on any atom is -0.504 e. The van der Waals surface area contributed by atoms with Gasteiger partial charge in [0.15, 0.2) is 11.5 Å². The third-order valence-electron chi connectivity index (χ3n) is 9.81. The van der Waals surface area contributed by atoms with Crippen LogP contribution in [0.2, 0.25) is 10.0 Å². The normalized spacial score (nSPS) is 29.0. The molecule has 2 heterocycles. The molecule has 1 saturated carbocycles. The summed E-state index contributed by atoms with van der Waals surface area (Å²) in [6.45, 7) is 11.7. The Morgan fingerprint density at radius 2 is 2.02 bits per heavy atom. The zero-order valence-corrected chi connectivity index (χ0v) is 25.9. The van der Waals surface area contributed by atoms with Crippen LogP contribution in [0, 0.1) is 5.92 Å². The Bertz CT molecular complexity index is 1450. The molecule has 42 heavy (non-hydrogen) atoms. The van der Waals surface area contributed by atoms with E-state index in [1.165, 1.54) is 6.92 Å². The summed E-state index contributed by atoms with van der Waals surface area (Å²) in [7, 11) is 0. The van der Waals surface area contributed by atoms with Crippen LogP contribution in [0.15, 0.2) is 43.0 Å². The van der Waals surface area contributed by atoms with Crippen molar-refractivity contribution >= 4 is 35.1 Å². The smallest absolute Gasteiger partial charge is 0.303 e. The van der Waals surface area contributed by atoms with E-state index in [0.29, 0.717) is 54.6 Å². The minimum atomic E-state index is -0.858. The van der Waals surface area contributed by atoms with Gasteiger partial charge in [0.25, 0.3) is 0 Å². The molecule has 0 aromatic heterocycles. The summed E-state index contributed by atoms with van der Waals surface area (Å²) in [5.74, 6) is 0.407. The van der Waals surface area contributed by atoms with Crippen LogP contribution in [0.25, 0.3) is 0 Å². The van der Waals surface area contributed by atoms with Gasteiger partial charge in [-0.3, -0.25) is 14.5 Å². The molecule has 2 bridgehead atoms. The summed E-state index contributed by atoms with van der Waals surface area (Å²) in [6.07, 6.45) is 4.12. The summed E-state index contributed by atoms with van der Waals surface area (Å²) in [4.78, 5) is 31.3. The fourth-order valence-corrected chi connectivity index (χ4v) is 8.80. The van der Waals surface area contributed by atoms with E-state index in [9.17, 15) is 14.7 Å². The molecule has 2 aromatic rings. The summed E-state index contributed by atoms with van der Waals surface area (Å²) < 4.78 is 13.3. The number of likely N-dealkylation sites (tertiary alicyclic amines) is 1. The number of halogens is 2. The second kappa shape index (κ2) is 10.8. The molecule has 9 heteroatoms. The van der Waals surface area contributed by atoms with Crippen molar-refractivity contribution in [1.29, 1.82) is 0 Å². The lowest BCUT2D eigenvalue weighted by Gasteiger charge is -2.65. The molecule has 2 aliphatic carbocycles. The van der Waals surface area contributed by atoms with Gasteiger partial charge in [0.1, 0.15) is 11.7 Å². The zero-order chi connectivity index (χ0) is 30.0. The van der Waals surface area contributed by atoms with Crippen LogP contribution in [0.5, 0.6) is 11.5 Å². The molecule has 0 unspecified atom stereocenters. The van der Waals surface area contributed by atoms with E-state index in [-0.39, 0.29) is 42.0 Å². The number of piperidine rings is 1. The van der Waals surface area contributed by atoms with E-state index in [1.807, 2.05) is 23.1 Å². The van der Waals surface area contributed by atoms with Crippen LogP contribution in [-0.2, 0) is 32.6 Å². The largest absolute Gasteiger partial charge is 0.504 e. The van der Waals surface area contributed by atoms with Gasteiger partial charge in [-0.1, -0.05) is 55.3 Å². The molecule has 5 atom stereocenters. The highest BCUT2D eigenvalue weighted by Gasteiger charge is 2.75. The number of phenols is 1. The highest BCUT2D eigenvalue weighted by atomic mass is 35.5. The molecule has 0 radical (unpaired) electrons. The fraction of sp³-hybridized carbons (Fsp3) is 0.515. The predicted octanol–water partition coefficient (Wildman–Crippen LogP) is 5.71. The third kappa shape index (κ3) is 4.34. The third-order valence-corrected chi connectivity index (χ3v) is 10.6. The number of phenolic OH excluding ortho intramolecular Hbond substituents is 1. The highest BCUT2D eigenvalue weighted by Crippen LogP contribution is 2.67. The number of carbonyl (C=O) groups excluding carboxylic acids is 2. The Hall–Kier alpha value is -2.74. The van der Waals surface area contributed by atoms with Crippen molar-refractivity contribution < 1.29 is 24.2 Å². The molecule has 1 spiro atoms. The summed E-state index contributed by atoms with van der Waals surface area (Å²) >= 11 is 12.4. The predicted molar refractivity (Wildman–Crippen MR) is 162 cm³/mol. The number of carbonyl (C=O) groups is 2. The quantitative estimate of drug-likeness (QED) is 0.304. The molecule has 4 aliphatic rings. The van der Waals surface area contributed by atoms with Crippen molar-refractivity contribution in [3.63, 3.8) is 0 Å². The van der Waals surface area contributed by atoms with Crippen molar-refractivity contribution in [1.82, 2.24) is 9.80 Å². The number of ether oxygens (including phenoxy) is 2.